The van der Waals surface area contributed by atoms with E-state index in [2.05, 4.69) is 0 Å². The average molecular weight is 371 g/mol. The fourth-order valence-electron chi connectivity index (χ4n) is 2.14. The fourth-order valence-corrected chi connectivity index (χ4v) is 2.14. The number of ketones is 1. The van der Waals surface area contributed by atoms with E-state index in [0.29, 0.717) is 0 Å². The number of hydrogen-bond donors (Lipinski definition) is 2. The summed E-state index contributed by atoms with van der Waals surface area (Å²) in [5.74, 6) is -2.06. The maximum Gasteiger partial charge on any atom is 0.422 e. The number of benzene rings is 2. The molecule has 0 fully saturated rings. The number of rotatable bonds is 5. The second-order valence-electron chi connectivity index (χ2n) is 5.72. The summed E-state index contributed by atoms with van der Waals surface area (Å²) < 4.78 is 9.85. The van der Waals surface area contributed by atoms with Crippen molar-refractivity contribution < 1.29 is 33.8 Å². The molecule has 0 unspecified atom stereocenters. The minimum absolute atomic E-state index is 0.00700. The molecule has 0 spiro atoms. The van der Waals surface area contributed by atoms with Gasteiger partial charge in [0.2, 0.25) is 0 Å². The number of imide groups is 1. The molecule has 2 rings (SSSR count). The van der Waals surface area contributed by atoms with E-state index in [4.69, 9.17) is 14.6 Å². The van der Waals surface area contributed by atoms with Crippen LogP contribution in [0.3, 0.4) is 0 Å². The zero-order valence-electron chi connectivity index (χ0n) is 14.6. The number of ether oxygens (including phenoxy) is 2. The van der Waals surface area contributed by atoms with Crippen molar-refractivity contribution in [2.45, 2.75) is 13.8 Å². The van der Waals surface area contributed by atoms with Crippen LogP contribution in [0.4, 0.5) is 9.59 Å². The van der Waals surface area contributed by atoms with Gasteiger partial charge in [0.15, 0.2) is 5.78 Å². The monoisotopic (exact) mass is 371 g/mol. The number of carboxylic acid groups (broad SMARTS) is 1. The SMILES string of the molecule is CC(C)C(=O)c1ccccc1OC(=O)NC(=O)Oc1ccccc1C(=O)O. The Bertz CT molecular complexity index is 889. The first-order valence-electron chi connectivity index (χ1n) is 7.95. The highest BCUT2D eigenvalue weighted by atomic mass is 16.6. The van der Waals surface area contributed by atoms with Gasteiger partial charge in [-0.05, 0) is 24.3 Å². The number of Topliss-reactive ketones (excluding diaryl/α,β-unsaturated/α-hetero) is 1. The van der Waals surface area contributed by atoms with Crippen LogP contribution >= 0.6 is 0 Å². The molecule has 0 aliphatic rings. The van der Waals surface area contributed by atoms with E-state index in [1.54, 1.807) is 26.0 Å². The van der Waals surface area contributed by atoms with Crippen LogP contribution in [0.2, 0.25) is 0 Å². The van der Waals surface area contributed by atoms with Crippen LogP contribution < -0.4 is 14.8 Å². The van der Waals surface area contributed by atoms with Crippen molar-refractivity contribution in [1.29, 1.82) is 0 Å². The molecule has 2 amide bonds. The second-order valence-corrected chi connectivity index (χ2v) is 5.72. The lowest BCUT2D eigenvalue weighted by molar-refractivity contribution is 0.0694. The highest BCUT2D eigenvalue weighted by Gasteiger charge is 2.20. The van der Waals surface area contributed by atoms with Crippen molar-refractivity contribution in [2.24, 2.45) is 5.92 Å². The van der Waals surface area contributed by atoms with Crippen molar-refractivity contribution >= 4 is 23.9 Å². The Kier molecular flexibility index (Phi) is 6.27. The molecule has 140 valence electrons. The Hall–Kier alpha value is -3.68. The summed E-state index contributed by atoms with van der Waals surface area (Å²) in [5, 5.41) is 10.9. The van der Waals surface area contributed by atoms with Gasteiger partial charge in [-0.15, -0.1) is 0 Å². The number of aromatic carboxylic acids is 1. The Balaban J connectivity index is 2.06. The smallest absolute Gasteiger partial charge is 0.422 e. The van der Waals surface area contributed by atoms with E-state index in [0.717, 1.165) is 0 Å². The van der Waals surface area contributed by atoms with Gasteiger partial charge in [0.25, 0.3) is 0 Å². The molecule has 0 atom stereocenters. The molecule has 0 aliphatic carbocycles. The molecule has 8 heteroatoms. The number of carbonyl (C=O) groups is 4. The molecule has 0 bridgehead atoms. The third kappa shape index (κ3) is 5.15. The molecular weight excluding hydrogens is 354 g/mol. The van der Waals surface area contributed by atoms with E-state index in [1.807, 2.05) is 5.32 Å². The summed E-state index contributed by atoms with van der Waals surface area (Å²) in [6.07, 6.45) is -2.39. The molecule has 0 aromatic heterocycles. The van der Waals surface area contributed by atoms with Gasteiger partial charge in [-0.1, -0.05) is 38.1 Å². The number of carbonyl (C=O) groups excluding carboxylic acids is 3. The first-order valence-corrected chi connectivity index (χ1v) is 7.95. The number of nitrogens with one attached hydrogen (secondary N) is 1. The van der Waals surface area contributed by atoms with E-state index in [9.17, 15) is 19.2 Å². The summed E-state index contributed by atoms with van der Waals surface area (Å²) in [5.41, 5.74) is -0.0406. The molecule has 0 saturated heterocycles. The van der Waals surface area contributed by atoms with Gasteiger partial charge in [-0.25, -0.2) is 19.7 Å². The molecular formula is C19H17NO7. The van der Waals surface area contributed by atoms with Gasteiger partial charge in [-0.2, -0.15) is 0 Å². The minimum Gasteiger partial charge on any atom is -0.478 e. The molecule has 2 aromatic carbocycles. The van der Waals surface area contributed by atoms with Gasteiger partial charge in [-0.3, -0.25) is 4.79 Å². The molecule has 27 heavy (non-hydrogen) atoms. The zero-order valence-corrected chi connectivity index (χ0v) is 14.6. The lowest BCUT2D eigenvalue weighted by Gasteiger charge is -2.11. The summed E-state index contributed by atoms with van der Waals surface area (Å²) in [6, 6.07) is 11.6. The topological polar surface area (TPSA) is 119 Å². The van der Waals surface area contributed by atoms with E-state index < -0.39 is 18.2 Å². The van der Waals surface area contributed by atoms with Gasteiger partial charge < -0.3 is 14.6 Å². The number of para-hydroxylation sites is 2. The first-order chi connectivity index (χ1) is 12.8. The molecule has 0 aliphatic heterocycles. The summed E-state index contributed by atoms with van der Waals surface area (Å²) in [4.78, 5) is 47.0. The van der Waals surface area contributed by atoms with Crippen LogP contribution in [0.15, 0.2) is 48.5 Å². The van der Waals surface area contributed by atoms with Gasteiger partial charge in [0.05, 0.1) is 5.56 Å². The molecule has 2 aromatic rings. The van der Waals surface area contributed by atoms with Crippen LogP contribution in [0.5, 0.6) is 11.5 Å². The zero-order chi connectivity index (χ0) is 20.0. The van der Waals surface area contributed by atoms with Crippen molar-refractivity contribution in [3.63, 3.8) is 0 Å². The number of amides is 2. The maximum atomic E-state index is 12.2. The van der Waals surface area contributed by atoms with Crippen LogP contribution in [0.1, 0.15) is 34.6 Å². The molecule has 0 heterocycles. The van der Waals surface area contributed by atoms with Crippen molar-refractivity contribution in [3.05, 3.63) is 59.7 Å². The quantitative estimate of drug-likeness (QED) is 0.772. The van der Waals surface area contributed by atoms with Crippen LogP contribution in [-0.4, -0.2) is 29.0 Å². The third-order valence-corrected chi connectivity index (χ3v) is 3.40. The fraction of sp³-hybridized carbons (Fsp3) is 0.158. The highest BCUT2D eigenvalue weighted by Crippen LogP contribution is 2.22. The largest absolute Gasteiger partial charge is 0.478 e. The summed E-state index contributed by atoms with van der Waals surface area (Å²) in [6.45, 7) is 3.41. The van der Waals surface area contributed by atoms with Crippen molar-refractivity contribution in [3.8, 4) is 11.5 Å². The maximum absolute atomic E-state index is 12.2. The predicted octanol–water partition coefficient (Wildman–Crippen LogP) is 3.51. The number of carboxylic acids is 1. The van der Waals surface area contributed by atoms with E-state index >= 15 is 0 Å². The Morgan fingerprint density at radius 1 is 0.815 bits per heavy atom. The number of hydrogen-bond acceptors (Lipinski definition) is 6. The van der Waals surface area contributed by atoms with Crippen LogP contribution in [-0.2, 0) is 0 Å². The Morgan fingerprint density at radius 3 is 1.74 bits per heavy atom. The molecule has 8 nitrogen and oxygen atoms in total. The van der Waals surface area contributed by atoms with Gasteiger partial charge >= 0.3 is 18.2 Å². The van der Waals surface area contributed by atoms with Crippen LogP contribution in [0.25, 0.3) is 0 Å². The normalized spacial score (nSPS) is 10.2. The Labute approximate surface area is 154 Å². The molecule has 0 radical (unpaired) electrons. The van der Waals surface area contributed by atoms with Crippen molar-refractivity contribution in [1.82, 2.24) is 5.32 Å². The average Bonchev–Trinajstić information content (AvgIpc) is 2.61. The second kappa shape index (κ2) is 8.61. The lowest BCUT2D eigenvalue weighted by Crippen LogP contribution is -2.35. The van der Waals surface area contributed by atoms with E-state index in [-0.39, 0.29) is 34.3 Å². The Morgan fingerprint density at radius 2 is 1.26 bits per heavy atom. The third-order valence-electron chi connectivity index (χ3n) is 3.40. The standard InChI is InChI=1S/C19H17NO7/c1-11(2)16(21)12-7-3-5-9-14(12)26-18(24)20-19(25)27-15-10-6-4-8-13(15)17(22)23/h3-11H,1-2H3,(H,22,23)(H,20,24,25). The predicted molar refractivity (Wildman–Crippen MR) is 94.2 cm³/mol. The highest BCUT2D eigenvalue weighted by molar-refractivity contribution is 6.01. The lowest BCUT2D eigenvalue weighted by atomic mass is 10.0. The molecule has 0 saturated carbocycles. The summed E-state index contributed by atoms with van der Waals surface area (Å²) in [7, 11) is 0. The van der Waals surface area contributed by atoms with E-state index in [1.165, 1.54) is 36.4 Å². The van der Waals surface area contributed by atoms with Crippen molar-refractivity contribution in [2.75, 3.05) is 0 Å². The van der Waals surface area contributed by atoms with Gasteiger partial charge in [0, 0.05) is 5.92 Å². The molecule has 2 N–H and O–H groups in total. The minimum atomic E-state index is -1.29. The first kappa shape index (κ1) is 19.6. The summed E-state index contributed by atoms with van der Waals surface area (Å²) >= 11 is 0. The van der Waals surface area contributed by atoms with Gasteiger partial charge in [0.1, 0.15) is 17.1 Å². The van der Waals surface area contributed by atoms with Crippen LogP contribution in [0, 0.1) is 5.92 Å².